The summed E-state index contributed by atoms with van der Waals surface area (Å²) in [5.74, 6) is 0. The van der Waals surface area contributed by atoms with Gasteiger partial charge in [-0.2, -0.15) is 0 Å². The molecule has 0 fully saturated rings. The molecule has 6 aromatic rings. The van der Waals surface area contributed by atoms with Crippen LogP contribution in [0.15, 0.2) is 79.0 Å². The Morgan fingerprint density at radius 1 is 0.842 bits per heavy atom. The summed E-state index contributed by atoms with van der Waals surface area (Å²) in [6, 6.07) is 24.9. The molecule has 2 nitrogen and oxygen atoms in total. The Hall–Kier alpha value is -3.43. The topological polar surface area (TPSA) is 36.7 Å². The first-order chi connectivity index (χ1) is 21.1. The Morgan fingerprint density at radius 3 is 2.45 bits per heavy atom. The van der Waals surface area contributed by atoms with Gasteiger partial charge in [-0.15, -0.1) is 0 Å². The van der Waals surface area contributed by atoms with Gasteiger partial charge in [0.15, 0.2) is 0 Å². The fourth-order valence-corrected chi connectivity index (χ4v) is 8.91. The van der Waals surface area contributed by atoms with Crippen LogP contribution in [-0.2, 0) is 6.40 Å². The second-order valence-corrected chi connectivity index (χ2v) is 13.6. The minimum absolute atomic E-state index is 0.0170. The van der Waals surface area contributed by atoms with E-state index in [1.807, 2.05) is 51.1 Å². The molecule has 0 aliphatic heterocycles. The Labute approximate surface area is 244 Å². The third-order valence-corrected chi connectivity index (χ3v) is 10.4. The predicted molar refractivity (Wildman–Crippen MR) is 162 cm³/mol. The van der Waals surface area contributed by atoms with Gasteiger partial charge in [0.05, 0.1) is 0 Å². The second-order valence-electron chi connectivity index (χ2n) is 10.7. The Bertz CT molecular complexity index is 2160. The second kappa shape index (κ2) is 9.39. The van der Waals surface area contributed by atoms with Gasteiger partial charge in [0, 0.05) is 0 Å². The van der Waals surface area contributed by atoms with Gasteiger partial charge in [-0.3, -0.25) is 0 Å². The standard InChI is InChI=1S/C35H30N2Te/c1-21-15-23(18-35(3,4)5)10-13-26(21)30-17-32(37-20-22(30)2)29-8-6-7-27-28-14-12-25-11-9-24(19-36)16-31(25)34(28)38-33(27)29/h6-17,20H,18H2,1-5H3/i1D3,2D3,18D. The molecule has 38 heavy (non-hydrogen) atoms. The van der Waals surface area contributed by atoms with Crippen LogP contribution in [0.5, 0.6) is 0 Å². The van der Waals surface area contributed by atoms with E-state index in [-0.39, 0.29) is 11.1 Å². The van der Waals surface area contributed by atoms with Gasteiger partial charge in [0.2, 0.25) is 0 Å². The number of hydrogen-bond acceptors (Lipinski definition) is 2. The van der Waals surface area contributed by atoms with Gasteiger partial charge in [-0.1, -0.05) is 0 Å². The van der Waals surface area contributed by atoms with E-state index < -0.39 is 45.9 Å². The zero-order valence-electron chi connectivity index (χ0n) is 28.4. The van der Waals surface area contributed by atoms with Crippen LogP contribution in [0.2, 0.25) is 0 Å². The average molecular weight is 613 g/mol. The molecular weight excluding hydrogens is 576 g/mol. The summed E-state index contributed by atoms with van der Waals surface area (Å²) in [6.07, 6.45) is 0.690. The van der Waals surface area contributed by atoms with E-state index in [0.29, 0.717) is 27.9 Å². The number of nitrogens with zero attached hydrogens (tertiary/aromatic N) is 2. The van der Waals surface area contributed by atoms with E-state index in [9.17, 15) is 5.26 Å². The number of benzene rings is 4. The molecule has 0 aliphatic rings. The first-order valence-corrected chi connectivity index (χ1v) is 14.8. The van der Waals surface area contributed by atoms with Crippen LogP contribution < -0.4 is 0 Å². The molecule has 186 valence electrons. The zero-order valence-corrected chi connectivity index (χ0v) is 23.7. The quantitative estimate of drug-likeness (QED) is 0.187. The molecule has 2 aromatic heterocycles. The van der Waals surface area contributed by atoms with Gasteiger partial charge in [-0.05, 0) is 0 Å². The van der Waals surface area contributed by atoms with Crippen LogP contribution in [0.4, 0.5) is 0 Å². The van der Waals surface area contributed by atoms with Crippen molar-refractivity contribution in [2.45, 2.75) is 40.9 Å². The molecule has 0 aliphatic carbocycles. The molecule has 0 N–H and O–H groups in total. The molecule has 0 radical (unpaired) electrons. The number of fused-ring (bicyclic) bond motifs is 5. The summed E-state index contributed by atoms with van der Waals surface area (Å²) < 4.78 is 61.1. The number of aryl methyl sites for hydroxylation is 2. The summed E-state index contributed by atoms with van der Waals surface area (Å²) in [5, 5.41) is 13.9. The van der Waals surface area contributed by atoms with Crippen molar-refractivity contribution in [1.82, 2.24) is 4.98 Å². The Balaban J connectivity index is 1.61. The van der Waals surface area contributed by atoms with Gasteiger partial charge >= 0.3 is 245 Å². The van der Waals surface area contributed by atoms with Crippen molar-refractivity contribution in [2.24, 2.45) is 5.41 Å². The van der Waals surface area contributed by atoms with Crippen molar-refractivity contribution in [1.29, 1.82) is 5.26 Å². The van der Waals surface area contributed by atoms with E-state index in [1.54, 1.807) is 24.3 Å². The summed E-state index contributed by atoms with van der Waals surface area (Å²) in [4.78, 5) is 4.65. The number of aromatic nitrogens is 1. The monoisotopic (exact) mass is 615 g/mol. The molecule has 0 saturated carbocycles. The van der Waals surface area contributed by atoms with Crippen LogP contribution >= 0.6 is 0 Å². The first kappa shape index (κ1) is 18.0. The van der Waals surface area contributed by atoms with Gasteiger partial charge in [-0.25, -0.2) is 0 Å². The van der Waals surface area contributed by atoms with Crippen LogP contribution in [0.1, 0.15) is 52.6 Å². The van der Waals surface area contributed by atoms with E-state index in [4.69, 9.17) is 9.60 Å². The normalized spacial score (nSPS) is 16.1. The fourth-order valence-electron chi connectivity index (χ4n) is 5.06. The van der Waals surface area contributed by atoms with E-state index in [1.165, 1.54) is 13.0 Å². The fraction of sp³-hybridized carbons (Fsp3) is 0.200. The van der Waals surface area contributed by atoms with Crippen molar-refractivity contribution >= 4 is 48.8 Å². The summed E-state index contributed by atoms with van der Waals surface area (Å²) in [6.45, 7) is 0.723. The number of pyridine rings is 1. The van der Waals surface area contributed by atoms with Gasteiger partial charge in [0.1, 0.15) is 0 Å². The molecule has 4 aromatic carbocycles. The van der Waals surface area contributed by atoms with E-state index in [0.717, 1.165) is 27.1 Å². The van der Waals surface area contributed by atoms with Crippen LogP contribution in [0, 0.1) is 30.4 Å². The van der Waals surface area contributed by atoms with Crippen molar-refractivity contribution < 1.29 is 9.60 Å². The molecule has 3 heteroatoms. The molecule has 6 rings (SSSR count). The van der Waals surface area contributed by atoms with Crippen LogP contribution in [-0.4, -0.2) is 25.4 Å². The van der Waals surface area contributed by atoms with Crippen LogP contribution in [0.25, 0.3) is 50.7 Å². The van der Waals surface area contributed by atoms with E-state index >= 15 is 0 Å². The molecule has 2 heterocycles. The summed E-state index contributed by atoms with van der Waals surface area (Å²) >= 11 is -0.916. The minimum atomic E-state index is -2.54. The Kier molecular flexibility index (Phi) is 4.44. The maximum absolute atomic E-state index is 9.53. The molecule has 0 amide bonds. The first-order valence-electron chi connectivity index (χ1n) is 16.0. The van der Waals surface area contributed by atoms with Gasteiger partial charge < -0.3 is 0 Å². The summed E-state index contributed by atoms with van der Waals surface area (Å²) in [5.41, 5.74) is 2.82. The molecule has 1 unspecified atom stereocenters. The third-order valence-electron chi connectivity index (χ3n) is 6.72. The molecule has 0 bridgehead atoms. The predicted octanol–water partition coefficient (Wildman–Crippen LogP) is 9.01. The van der Waals surface area contributed by atoms with Crippen molar-refractivity contribution in [3.8, 4) is 28.5 Å². The van der Waals surface area contributed by atoms with Crippen molar-refractivity contribution in [2.75, 3.05) is 0 Å². The Morgan fingerprint density at radius 2 is 1.66 bits per heavy atom. The SMILES string of the molecule is [2H]C(c1ccc(-c2cc(-c3cccc4c3[te]c3c5cc(C#N)ccc5ccc43)ncc2C([2H])([2H])[2H])c(C([2H])([2H])[2H])c1)C(C)(C)C. The van der Waals surface area contributed by atoms with E-state index in [2.05, 4.69) is 29.3 Å². The zero-order chi connectivity index (χ0) is 32.5. The molecular formula is C35H30N2Te. The number of nitriles is 1. The average Bonchev–Trinajstić information content (AvgIpc) is 3.38. The van der Waals surface area contributed by atoms with Gasteiger partial charge in [0.25, 0.3) is 0 Å². The molecule has 0 spiro atoms. The molecule has 0 saturated heterocycles. The van der Waals surface area contributed by atoms with Crippen LogP contribution in [0.3, 0.4) is 0 Å². The number of rotatable bonds is 3. The number of hydrogen-bond donors (Lipinski definition) is 0. The van der Waals surface area contributed by atoms with Crippen molar-refractivity contribution in [3.05, 3.63) is 101 Å². The summed E-state index contributed by atoms with van der Waals surface area (Å²) in [7, 11) is 0. The van der Waals surface area contributed by atoms with Crippen molar-refractivity contribution in [3.63, 3.8) is 0 Å². The molecule has 1 atom stereocenters. The third kappa shape index (κ3) is 4.43. The maximum atomic E-state index is 9.53.